The predicted octanol–water partition coefficient (Wildman–Crippen LogP) is 3.75. The Kier molecular flexibility index (Phi) is 3.92. The van der Waals surface area contributed by atoms with Crippen LogP contribution in [0.5, 0.6) is 0 Å². The molecule has 0 fully saturated rings. The zero-order valence-corrected chi connectivity index (χ0v) is 12.3. The van der Waals surface area contributed by atoms with Crippen LogP contribution < -0.4 is 0 Å². The van der Waals surface area contributed by atoms with Gasteiger partial charge in [0, 0.05) is 15.8 Å². The number of nitrogens with zero attached hydrogens (tertiary/aromatic N) is 1. The van der Waals surface area contributed by atoms with Gasteiger partial charge in [-0.25, -0.2) is 4.98 Å². The zero-order valence-electron chi connectivity index (χ0n) is 10.7. The highest BCUT2D eigenvalue weighted by Gasteiger charge is 2.26. The molecule has 0 radical (unpaired) electrons. The molecule has 2 rings (SSSR count). The van der Waals surface area contributed by atoms with Crippen molar-refractivity contribution in [3.05, 3.63) is 50.9 Å². The highest BCUT2D eigenvalue weighted by atomic mass is 35.5. The number of hydrogen-bond donors (Lipinski definition) is 1. The van der Waals surface area contributed by atoms with E-state index in [9.17, 15) is 4.79 Å². The van der Waals surface area contributed by atoms with Crippen molar-refractivity contribution < 1.29 is 9.90 Å². The minimum absolute atomic E-state index is 0.0345. The smallest absolute Gasteiger partial charge is 0.309 e. The Morgan fingerprint density at radius 2 is 2.00 bits per heavy atom. The second-order valence-corrected chi connectivity index (χ2v) is 6.14. The van der Waals surface area contributed by atoms with Crippen molar-refractivity contribution in [1.29, 1.82) is 0 Å². The summed E-state index contributed by atoms with van der Waals surface area (Å²) < 4.78 is 0. The molecule has 5 heteroatoms. The molecule has 0 saturated carbocycles. The number of benzene rings is 1. The molecule has 0 saturated heterocycles. The van der Waals surface area contributed by atoms with Crippen LogP contribution >= 0.6 is 22.9 Å². The van der Waals surface area contributed by atoms with E-state index in [4.69, 9.17) is 16.7 Å². The average molecular weight is 296 g/mol. The van der Waals surface area contributed by atoms with Gasteiger partial charge < -0.3 is 5.11 Å². The SMILES string of the molecule is CC(C)(c1ccc(Cl)cc1)c1nc(CC(=O)O)cs1. The Balaban J connectivity index is 2.30. The summed E-state index contributed by atoms with van der Waals surface area (Å²) in [4.78, 5) is 15.1. The largest absolute Gasteiger partial charge is 0.481 e. The van der Waals surface area contributed by atoms with Crippen molar-refractivity contribution in [2.45, 2.75) is 25.7 Å². The molecule has 100 valence electrons. The van der Waals surface area contributed by atoms with Crippen LogP contribution in [0.1, 0.15) is 30.1 Å². The lowest BCUT2D eigenvalue weighted by Gasteiger charge is -2.22. The molecule has 1 heterocycles. The molecule has 0 bridgehead atoms. The highest BCUT2D eigenvalue weighted by Crippen LogP contribution is 2.34. The van der Waals surface area contributed by atoms with Gasteiger partial charge in [-0.05, 0) is 31.5 Å². The number of aromatic nitrogens is 1. The second kappa shape index (κ2) is 5.31. The summed E-state index contributed by atoms with van der Waals surface area (Å²) in [5.74, 6) is -0.860. The maximum Gasteiger partial charge on any atom is 0.309 e. The van der Waals surface area contributed by atoms with Crippen molar-refractivity contribution in [3.8, 4) is 0 Å². The first-order chi connectivity index (χ1) is 8.89. The van der Waals surface area contributed by atoms with Gasteiger partial charge in [-0.3, -0.25) is 4.79 Å². The van der Waals surface area contributed by atoms with Gasteiger partial charge in [0.15, 0.2) is 0 Å². The summed E-state index contributed by atoms with van der Waals surface area (Å²) in [5.41, 5.74) is 1.45. The van der Waals surface area contributed by atoms with Crippen LogP contribution in [-0.2, 0) is 16.6 Å². The summed E-state index contributed by atoms with van der Waals surface area (Å²) in [6.45, 7) is 4.14. The third-order valence-corrected chi connectivity index (χ3v) is 4.45. The summed E-state index contributed by atoms with van der Waals surface area (Å²) in [6.07, 6.45) is -0.0345. The van der Waals surface area contributed by atoms with Crippen LogP contribution in [-0.4, -0.2) is 16.1 Å². The number of thiazole rings is 1. The molecule has 19 heavy (non-hydrogen) atoms. The lowest BCUT2D eigenvalue weighted by molar-refractivity contribution is -0.136. The van der Waals surface area contributed by atoms with Crippen molar-refractivity contribution in [2.75, 3.05) is 0 Å². The van der Waals surface area contributed by atoms with E-state index in [2.05, 4.69) is 18.8 Å². The van der Waals surface area contributed by atoms with Gasteiger partial charge in [0.25, 0.3) is 0 Å². The molecule has 2 aromatic rings. The van der Waals surface area contributed by atoms with Crippen molar-refractivity contribution in [1.82, 2.24) is 4.98 Å². The van der Waals surface area contributed by atoms with E-state index in [1.807, 2.05) is 24.3 Å². The molecule has 1 N–H and O–H groups in total. The normalized spacial score (nSPS) is 11.5. The maximum atomic E-state index is 10.7. The molecule has 0 aliphatic carbocycles. The average Bonchev–Trinajstić information content (AvgIpc) is 2.78. The van der Waals surface area contributed by atoms with Crippen LogP contribution in [0.4, 0.5) is 0 Å². The predicted molar refractivity (Wildman–Crippen MR) is 77.0 cm³/mol. The van der Waals surface area contributed by atoms with Gasteiger partial charge in [0.2, 0.25) is 0 Å². The summed E-state index contributed by atoms with van der Waals surface area (Å²) in [6, 6.07) is 7.65. The first-order valence-corrected chi connectivity index (χ1v) is 7.08. The summed E-state index contributed by atoms with van der Waals surface area (Å²) >= 11 is 7.38. The molecule has 0 amide bonds. The number of carboxylic acid groups (broad SMARTS) is 1. The minimum Gasteiger partial charge on any atom is -0.481 e. The third-order valence-electron chi connectivity index (χ3n) is 2.98. The quantitative estimate of drug-likeness (QED) is 0.934. The number of carbonyl (C=O) groups is 1. The van der Waals surface area contributed by atoms with Crippen LogP contribution in [0.2, 0.25) is 5.02 Å². The molecule has 1 aromatic heterocycles. The van der Waals surface area contributed by atoms with E-state index in [0.29, 0.717) is 10.7 Å². The molecule has 0 aliphatic rings. The Labute approximate surface area is 120 Å². The number of rotatable bonds is 4. The first kappa shape index (κ1) is 14.0. The Morgan fingerprint density at radius 3 is 2.58 bits per heavy atom. The molecule has 0 unspecified atom stereocenters. The van der Waals surface area contributed by atoms with E-state index in [0.717, 1.165) is 10.6 Å². The zero-order chi connectivity index (χ0) is 14.0. The van der Waals surface area contributed by atoms with E-state index in [1.54, 1.807) is 5.38 Å². The van der Waals surface area contributed by atoms with E-state index >= 15 is 0 Å². The topological polar surface area (TPSA) is 50.2 Å². The van der Waals surface area contributed by atoms with Crippen LogP contribution in [0.3, 0.4) is 0 Å². The molecule has 3 nitrogen and oxygen atoms in total. The lowest BCUT2D eigenvalue weighted by Crippen LogP contribution is -2.18. The second-order valence-electron chi connectivity index (χ2n) is 4.85. The summed E-state index contributed by atoms with van der Waals surface area (Å²) in [5, 5.41) is 12.2. The van der Waals surface area contributed by atoms with Gasteiger partial charge >= 0.3 is 5.97 Å². The van der Waals surface area contributed by atoms with Crippen molar-refractivity contribution >= 4 is 28.9 Å². The van der Waals surface area contributed by atoms with Crippen LogP contribution in [0.25, 0.3) is 0 Å². The maximum absolute atomic E-state index is 10.7. The number of hydrogen-bond acceptors (Lipinski definition) is 3. The van der Waals surface area contributed by atoms with Gasteiger partial charge in [0.1, 0.15) is 5.01 Å². The Morgan fingerprint density at radius 1 is 1.37 bits per heavy atom. The third kappa shape index (κ3) is 3.14. The van der Waals surface area contributed by atoms with Gasteiger partial charge in [-0.2, -0.15) is 0 Å². The fourth-order valence-electron chi connectivity index (χ4n) is 1.82. The first-order valence-electron chi connectivity index (χ1n) is 5.82. The van der Waals surface area contributed by atoms with Gasteiger partial charge in [0.05, 0.1) is 12.1 Å². The molecule has 0 aliphatic heterocycles. The van der Waals surface area contributed by atoms with Crippen molar-refractivity contribution in [3.63, 3.8) is 0 Å². The van der Waals surface area contributed by atoms with E-state index in [-0.39, 0.29) is 11.8 Å². The van der Waals surface area contributed by atoms with E-state index in [1.165, 1.54) is 11.3 Å². The molecule has 1 aromatic carbocycles. The molecule has 0 atom stereocenters. The molecule has 0 spiro atoms. The highest BCUT2D eigenvalue weighted by molar-refractivity contribution is 7.09. The standard InChI is InChI=1S/C14H14ClNO2S/c1-14(2,9-3-5-10(15)6-4-9)13-16-11(8-19-13)7-12(17)18/h3-6,8H,7H2,1-2H3,(H,17,18). The van der Waals surface area contributed by atoms with Gasteiger partial charge in [-0.1, -0.05) is 23.7 Å². The van der Waals surface area contributed by atoms with E-state index < -0.39 is 5.97 Å². The minimum atomic E-state index is -0.860. The van der Waals surface area contributed by atoms with Crippen molar-refractivity contribution in [2.24, 2.45) is 0 Å². The Hall–Kier alpha value is -1.39. The summed E-state index contributed by atoms with van der Waals surface area (Å²) in [7, 11) is 0. The fourth-order valence-corrected chi connectivity index (χ4v) is 2.91. The Bertz CT molecular complexity index is 590. The lowest BCUT2D eigenvalue weighted by atomic mass is 9.85. The molecular formula is C14H14ClNO2S. The van der Waals surface area contributed by atoms with Crippen LogP contribution in [0, 0.1) is 0 Å². The number of carboxylic acids is 1. The number of aliphatic carboxylic acids is 1. The number of halogens is 1. The monoisotopic (exact) mass is 295 g/mol. The fraction of sp³-hybridized carbons (Fsp3) is 0.286. The molecular weight excluding hydrogens is 282 g/mol. The van der Waals surface area contributed by atoms with Gasteiger partial charge in [-0.15, -0.1) is 11.3 Å². The van der Waals surface area contributed by atoms with Crippen LogP contribution in [0.15, 0.2) is 29.6 Å².